The van der Waals surface area contributed by atoms with Crippen LogP contribution in [0.5, 0.6) is 5.75 Å². The Bertz CT molecular complexity index is 973. The van der Waals surface area contributed by atoms with Crippen LogP contribution in [-0.2, 0) is 6.61 Å². The Hall–Kier alpha value is -2.86. The van der Waals surface area contributed by atoms with Gasteiger partial charge < -0.3 is 14.5 Å². The third-order valence-electron chi connectivity index (χ3n) is 5.00. The van der Waals surface area contributed by atoms with Crippen molar-refractivity contribution >= 4 is 27.7 Å². The van der Waals surface area contributed by atoms with Gasteiger partial charge >= 0.3 is 0 Å². The van der Waals surface area contributed by atoms with Crippen molar-refractivity contribution in [2.75, 3.05) is 31.1 Å². The van der Waals surface area contributed by atoms with Crippen molar-refractivity contribution in [2.24, 2.45) is 0 Å². The highest BCUT2D eigenvalue weighted by atomic mass is 79.9. The summed E-state index contributed by atoms with van der Waals surface area (Å²) < 4.78 is 7.00. The van der Waals surface area contributed by atoms with Crippen molar-refractivity contribution in [1.29, 1.82) is 0 Å². The number of para-hydroxylation sites is 1. The van der Waals surface area contributed by atoms with Gasteiger partial charge in [-0.3, -0.25) is 4.79 Å². The molecule has 6 heteroatoms. The Balaban J connectivity index is 1.42. The minimum Gasteiger partial charge on any atom is -0.488 e. The van der Waals surface area contributed by atoms with Gasteiger partial charge in [0.15, 0.2) is 0 Å². The van der Waals surface area contributed by atoms with Gasteiger partial charge in [0.25, 0.3) is 5.91 Å². The molecule has 1 aromatic heterocycles. The van der Waals surface area contributed by atoms with Crippen LogP contribution in [0.3, 0.4) is 0 Å². The van der Waals surface area contributed by atoms with Crippen LogP contribution in [0.1, 0.15) is 15.9 Å². The number of benzene rings is 2. The second kappa shape index (κ2) is 9.09. The van der Waals surface area contributed by atoms with Gasteiger partial charge in [-0.05, 0) is 30.3 Å². The van der Waals surface area contributed by atoms with Crippen molar-refractivity contribution in [1.82, 2.24) is 9.88 Å². The van der Waals surface area contributed by atoms with Crippen LogP contribution in [0.2, 0.25) is 0 Å². The lowest BCUT2D eigenvalue weighted by Crippen LogP contribution is -2.49. The van der Waals surface area contributed by atoms with Crippen LogP contribution in [0.15, 0.2) is 77.4 Å². The maximum Gasteiger partial charge on any atom is 0.257 e. The number of anilines is 1. The first-order chi connectivity index (χ1) is 14.2. The van der Waals surface area contributed by atoms with Crippen LogP contribution in [-0.4, -0.2) is 42.0 Å². The van der Waals surface area contributed by atoms with Crippen molar-refractivity contribution in [3.05, 3.63) is 88.5 Å². The van der Waals surface area contributed by atoms with Crippen LogP contribution in [0.25, 0.3) is 0 Å². The normalized spacial score (nSPS) is 14.0. The zero-order valence-corrected chi connectivity index (χ0v) is 17.6. The highest BCUT2D eigenvalue weighted by Gasteiger charge is 2.24. The Morgan fingerprint density at radius 1 is 0.931 bits per heavy atom. The first-order valence-electron chi connectivity index (χ1n) is 9.63. The fourth-order valence-electron chi connectivity index (χ4n) is 3.39. The van der Waals surface area contributed by atoms with E-state index < -0.39 is 0 Å². The molecule has 2 aromatic carbocycles. The van der Waals surface area contributed by atoms with E-state index in [-0.39, 0.29) is 5.91 Å². The number of carbonyl (C=O) groups is 1. The van der Waals surface area contributed by atoms with Gasteiger partial charge in [0.05, 0.1) is 5.56 Å². The van der Waals surface area contributed by atoms with E-state index in [1.807, 2.05) is 71.6 Å². The molecular formula is C23H22BrN3O2. The molecule has 0 saturated carbocycles. The highest BCUT2D eigenvalue weighted by Crippen LogP contribution is 2.24. The van der Waals surface area contributed by atoms with E-state index in [2.05, 4.69) is 25.8 Å². The monoisotopic (exact) mass is 451 g/mol. The Morgan fingerprint density at radius 2 is 1.66 bits per heavy atom. The third kappa shape index (κ3) is 4.59. The molecule has 0 atom stereocenters. The Labute approximate surface area is 179 Å². The molecule has 4 rings (SSSR count). The largest absolute Gasteiger partial charge is 0.488 e. The molecule has 1 saturated heterocycles. The zero-order valence-electron chi connectivity index (χ0n) is 16.0. The molecule has 3 aromatic rings. The quantitative estimate of drug-likeness (QED) is 0.577. The van der Waals surface area contributed by atoms with Crippen LogP contribution in [0.4, 0.5) is 5.82 Å². The summed E-state index contributed by atoms with van der Waals surface area (Å²) in [6, 6.07) is 21.3. The molecule has 0 spiro atoms. The lowest BCUT2D eigenvalue weighted by atomic mass is 10.1. The minimum atomic E-state index is 0.00778. The summed E-state index contributed by atoms with van der Waals surface area (Å²) in [5, 5.41) is 0. The number of nitrogens with zero attached hydrogens (tertiary/aromatic N) is 3. The average Bonchev–Trinajstić information content (AvgIpc) is 2.79. The predicted molar refractivity (Wildman–Crippen MR) is 117 cm³/mol. The lowest BCUT2D eigenvalue weighted by Gasteiger charge is -2.35. The molecule has 1 aliphatic heterocycles. The third-order valence-corrected chi connectivity index (χ3v) is 5.77. The molecule has 5 nitrogen and oxygen atoms in total. The van der Waals surface area contributed by atoms with E-state index in [0.717, 1.165) is 28.9 Å². The maximum absolute atomic E-state index is 13.1. The van der Waals surface area contributed by atoms with E-state index in [4.69, 9.17) is 4.74 Å². The number of ether oxygens (including phenoxy) is 1. The summed E-state index contributed by atoms with van der Waals surface area (Å²) in [6.45, 7) is 3.26. The number of pyridine rings is 1. The van der Waals surface area contributed by atoms with Gasteiger partial charge in [0.2, 0.25) is 0 Å². The Kier molecular flexibility index (Phi) is 6.10. The summed E-state index contributed by atoms with van der Waals surface area (Å²) >= 11 is 3.54. The number of hydrogen-bond donors (Lipinski definition) is 0. The smallest absolute Gasteiger partial charge is 0.257 e. The molecular weight excluding hydrogens is 430 g/mol. The molecule has 0 aliphatic carbocycles. The summed E-state index contributed by atoms with van der Waals surface area (Å²) in [4.78, 5) is 21.6. The number of amides is 1. The summed E-state index contributed by atoms with van der Waals surface area (Å²) in [5.74, 6) is 1.57. The van der Waals surface area contributed by atoms with Crippen LogP contribution >= 0.6 is 15.9 Å². The van der Waals surface area contributed by atoms with Crippen LogP contribution < -0.4 is 9.64 Å². The summed E-state index contributed by atoms with van der Waals surface area (Å²) in [7, 11) is 0. The SMILES string of the molecule is O=C(c1ccccc1OCc1ccccc1Br)N1CCN(c2ccccn2)CC1. The standard InChI is InChI=1S/C23H22BrN3O2/c24-20-9-3-1-7-18(20)17-29-21-10-4-2-8-19(21)23(28)27-15-13-26(14-16-27)22-11-5-6-12-25-22/h1-12H,13-17H2. The van der Waals surface area contributed by atoms with E-state index in [1.165, 1.54) is 0 Å². The summed E-state index contributed by atoms with van der Waals surface area (Å²) in [5.41, 5.74) is 1.64. The molecule has 1 fully saturated rings. The number of hydrogen-bond acceptors (Lipinski definition) is 4. The fraction of sp³-hybridized carbons (Fsp3) is 0.217. The molecule has 0 radical (unpaired) electrons. The summed E-state index contributed by atoms with van der Waals surface area (Å²) in [6.07, 6.45) is 1.80. The van der Waals surface area contributed by atoms with Gasteiger partial charge in [-0.25, -0.2) is 4.98 Å². The fourth-order valence-corrected chi connectivity index (χ4v) is 3.79. The second-order valence-electron chi connectivity index (χ2n) is 6.84. The van der Waals surface area contributed by atoms with E-state index in [0.29, 0.717) is 31.0 Å². The number of rotatable bonds is 5. The van der Waals surface area contributed by atoms with Gasteiger partial charge in [-0.2, -0.15) is 0 Å². The molecule has 2 heterocycles. The molecule has 29 heavy (non-hydrogen) atoms. The topological polar surface area (TPSA) is 45.7 Å². The van der Waals surface area contributed by atoms with Gasteiger partial charge in [0.1, 0.15) is 18.2 Å². The van der Waals surface area contributed by atoms with E-state index >= 15 is 0 Å². The number of carbonyl (C=O) groups excluding carboxylic acids is 1. The van der Waals surface area contributed by atoms with Gasteiger partial charge in [0, 0.05) is 42.4 Å². The highest BCUT2D eigenvalue weighted by molar-refractivity contribution is 9.10. The molecule has 0 unspecified atom stereocenters. The van der Waals surface area contributed by atoms with Crippen molar-refractivity contribution in [2.45, 2.75) is 6.61 Å². The van der Waals surface area contributed by atoms with E-state index in [1.54, 1.807) is 6.20 Å². The first kappa shape index (κ1) is 19.5. The zero-order chi connectivity index (χ0) is 20.1. The molecule has 0 bridgehead atoms. The van der Waals surface area contributed by atoms with Crippen molar-refractivity contribution in [3.63, 3.8) is 0 Å². The Morgan fingerprint density at radius 3 is 2.41 bits per heavy atom. The molecule has 1 amide bonds. The lowest BCUT2D eigenvalue weighted by molar-refractivity contribution is 0.0741. The van der Waals surface area contributed by atoms with Crippen molar-refractivity contribution in [3.8, 4) is 5.75 Å². The number of aromatic nitrogens is 1. The first-order valence-corrected chi connectivity index (χ1v) is 10.4. The molecule has 0 N–H and O–H groups in total. The number of halogens is 1. The van der Waals surface area contributed by atoms with E-state index in [9.17, 15) is 4.79 Å². The molecule has 1 aliphatic rings. The average molecular weight is 452 g/mol. The molecule has 148 valence electrons. The maximum atomic E-state index is 13.1. The second-order valence-corrected chi connectivity index (χ2v) is 7.70. The van der Waals surface area contributed by atoms with Gasteiger partial charge in [-0.1, -0.05) is 52.3 Å². The van der Waals surface area contributed by atoms with Crippen molar-refractivity contribution < 1.29 is 9.53 Å². The van der Waals surface area contributed by atoms with Gasteiger partial charge in [-0.15, -0.1) is 0 Å². The predicted octanol–water partition coefficient (Wildman–Crippen LogP) is 4.39. The minimum absolute atomic E-state index is 0.00778. The number of piperazine rings is 1. The van der Waals surface area contributed by atoms with Crippen LogP contribution in [0, 0.1) is 0 Å².